The molecule has 1 saturated carbocycles. The van der Waals surface area contributed by atoms with Gasteiger partial charge in [-0.15, -0.1) is 0 Å². The molecule has 2 heterocycles. The highest BCUT2D eigenvalue weighted by atomic mass is 16.7. The van der Waals surface area contributed by atoms with E-state index >= 15 is 0 Å². The average molecular weight is 411 g/mol. The molecule has 2 aromatic carbocycles. The van der Waals surface area contributed by atoms with Gasteiger partial charge < -0.3 is 29.2 Å². The minimum absolute atomic E-state index is 0.0421. The third kappa shape index (κ3) is 3.89. The molecule has 158 valence electrons. The van der Waals surface area contributed by atoms with Crippen LogP contribution in [0.3, 0.4) is 0 Å². The quantitative estimate of drug-likeness (QED) is 0.791. The van der Waals surface area contributed by atoms with E-state index in [9.17, 15) is 4.79 Å². The first-order valence-corrected chi connectivity index (χ1v) is 10.6. The topological polar surface area (TPSA) is 70.5 Å². The number of carbonyl (C=O) groups is 1. The Morgan fingerprint density at radius 2 is 1.73 bits per heavy atom. The van der Waals surface area contributed by atoms with E-state index in [1.165, 1.54) is 6.42 Å². The van der Waals surface area contributed by atoms with Gasteiger partial charge in [0, 0.05) is 30.2 Å². The number of ether oxygens (including phenoxy) is 4. The summed E-state index contributed by atoms with van der Waals surface area (Å²) in [4.78, 5) is 13.6. The summed E-state index contributed by atoms with van der Waals surface area (Å²) in [6.07, 6.45) is 5.30. The Bertz CT molecular complexity index is 955. The molecule has 2 aromatic rings. The molecule has 5 rings (SSSR count). The Morgan fingerprint density at radius 3 is 2.60 bits per heavy atom. The first-order valence-electron chi connectivity index (χ1n) is 10.6. The standard InChI is InChI=1S/C23H26N2O5/c1-25(13-16-5-7-18-20(11-16)28-15-27-18)14-22(26)24-17-6-8-19-21(12-17)30-23(29-19)9-3-2-4-10-23/h5-8,11-12H,2-4,9-10,13-15H2,1H3,(H,24,26)/p+1. The number of nitrogens with one attached hydrogen (secondary N) is 2. The zero-order chi connectivity index (χ0) is 20.6. The van der Waals surface area contributed by atoms with E-state index < -0.39 is 5.79 Å². The average Bonchev–Trinajstić information content (AvgIpc) is 3.31. The van der Waals surface area contributed by atoms with E-state index in [0.29, 0.717) is 13.1 Å². The van der Waals surface area contributed by atoms with E-state index in [-0.39, 0.29) is 12.7 Å². The fourth-order valence-corrected chi connectivity index (χ4v) is 4.41. The molecular formula is C23H27N2O5+. The van der Waals surface area contributed by atoms with Crippen LogP contribution in [0.2, 0.25) is 0 Å². The van der Waals surface area contributed by atoms with Crippen LogP contribution in [0, 0.1) is 0 Å². The van der Waals surface area contributed by atoms with Crippen LogP contribution in [0.4, 0.5) is 5.69 Å². The molecule has 0 aromatic heterocycles. The van der Waals surface area contributed by atoms with E-state index in [1.807, 2.05) is 43.4 Å². The molecule has 0 saturated heterocycles. The van der Waals surface area contributed by atoms with Crippen LogP contribution in [0.1, 0.15) is 37.7 Å². The van der Waals surface area contributed by atoms with Gasteiger partial charge in [0.2, 0.25) is 6.79 Å². The lowest BCUT2D eigenvalue weighted by molar-refractivity contribution is -0.885. The smallest absolute Gasteiger partial charge is 0.279 e. The Labute approximate surface area is 175 Å². The number of amides is 1. The van der Waals surface area contributed by atoms with Crippen molar-refractivity contribution < 1.29 is 28.6 Å². The van der Waals surface area contributed by atoms with Crippen molar-refractivity contribution in [3.63, 3.8) is 0 Å². The number of rotatable bonds is 5. The molecule has 0 radical (unpaired) electrons. The van der Waals surface area contributed by atoms with Crippen molar-refractivity contribution in [3.05, 3.63) is 42.0 Å². The van der Waals surface area contributed by atoms with Crippen LogP contribution < -0.4 is 29.2 Å². The van der Waals surface area contributed by atoms with Gasteiger partial charge in [-0.2, -0.15) is 0 Å². The van der Waals surface area contributed by atoms with Crippen LogP contribution >= 0.6 is 0 Å². The second kappa shape index (κ2) is 7.72. The maximum absolute atomic E-state index is 12.5. The maximum atomic E-state index is 12.5. The molecule has 2 aliphatic heterocycles. The van der Waals surface area contributed by atoms with Gasteiger partial charge in [-0.3, -0.25) is 4.79 Å². The number of fused-ring (bicyclic) bond motifs is 2. The normalized spacial score (nSPS) is 19.0. The van der Waals surface area contributed by atoms with Gasteiger partial charge in [-0.1, -0.05) is 6.42 Å². The molecule has 1 atom stereocenters. The van der Waals surface area contributed by atoms with Crippen molar-refractivity contribution in [2.24, 2.45) is 0 Å². The maximum Gasteiger partial charge on any atom is 0.279 e. The lowest BCUT2D eigenvalue weighted by Gasteiger charge is -2.31. The van der Waals surface area contributed by atoms with E-state index in [2.05, 4.69) is 5.32 Å². The van der Waals surface area contributed by atoms with Crippen molar-refractivity contribution >= 4 is 11.6 Å². The van der Waals surface area contributed by atoms with Crippen LogP contribution in [0.5, 0.6) is 23.0 Å². The predicted octanol–water partition coefficient (Wildman–Crippen LogP) is 2.50. The van der Waals surface area contributed by atoms with Gasteiger partial charge in [0.1, 0.15) is 6.54 Å². The molecule has 1 unspecified atom stereocenters. The highest BCUT2D eigenvalue weighted by Crippen LogP contribution is 2.46. The Hall–Kier alpha value is -2.93. The summed E-state index contributed by atoms with van der Waals surface area (Å²) < 4.78 is 23.0. The van der Waals surface area contributed by atoms with E-state index in [1.54, 1.807) is 0 Å². The molecule has 30 heavy (non-hydrogen) atoms. The summed E-state index contributed by atoms with van der Waals surface area (Å²) in [5, 5.41) is 2.98. The van der Waals surface area contributed by atoms with Gasteiger partial charge in [0.25, 0.3) is 11.7 Å². The summed E-state index contributed by atoms with van der Waals surface area (Å²) in [6.45, 7) is 1.33. The highest BCUT2D eigenvalue weighted by Gasteiger charge is 2.42. The predicted molar refractivity (Wildman–Crippen MR) is 110 cm³/mol. The van der Waals surface area contributed by atoms with Crippen LogP contribution in [0.15, 0.2) is 36.4 Å². The third-order valence-corrected chi connectivity index (χ3v) is 5.84. The molecule has 0 bridgehead atoms. The van der Waals surface area contributed by atoms with Crippen molar-refractivity contribution in [2.45, 2.75) is 44.4 Å². The van der Waals surface area contributed by atoms with Crippen molar-refractivity contribution in [1.29, 1.82) is 0 Å². The summed E-state index contributed by atoms with van der Waals surface area (Å²) in [6, 6.07) is 11.5. The highest BCUT2D eigenvalue weighted by molar-refractivity contribution is 5.91. The molecule has 1 aliphatic carbocycles. The Morgan fingerprint density at radius 1 is 0.967 bits per heavy atom. The molecule has 7 heteroatoms. The first kappa shape index (κ1) is 19.1. The number of carbonyl (C=O) groups excluding carboxylic acids is 1. The number of likely N-dealkylation sites (N-methyl/N-ethyl adjacent to an activating group) is 1. The lowest BCUT2D eigenvalue weighted by Crippen LogP contribution is -3.08. The number of hydrogen-bond donors (Lipinski definition) is 2. The molecule has 1 spiro atoms. The van der Waals surface area contributed by atoms with E-state index in [4.69, 9.17) is 18.9 Å². The minimum Gasteiger partial charge on any atom is -0.454 e. The third-order valence-electron chi connectivity index (χ3n) is 5.84. The number of benzene rings is 2. The zero-order valence-corrected chi connectivity index (χ0v) is 17.2. The van der Waals surface area contributed by atoms with Gasteiger partial charge >= 0.3 is 0 Å². The van der Waals surface area contributed by atoms with Crippen molar-refractivity contribution in [1.82, 2.24) is 0 Å². The summed E-state index contributed by atoms with van der Waals surface area (Å²) >= 11 is 0. The van der Waals surface area contributed by atoms with Crippen LogP contribution in [0.25, 0.3) is 0 Å². The summed E-state index contributed by atoms with van der Waals surface area (Å²) in [5.74, 6) is 2.47. The number of hydrogen-bond acceptors (Lipinski definition) is 5. The second-order valence-electron chi connectivity index (χ2n) is 8.38. The molecule has 1 fully saturated rings. The number of anilines is 1. The second-order valence-corrected chi connectivity index (χ2v) is 8.38. The van der Waals surface area contributed by atoms with Gasteiger partial charge in [-0.25, -0.2) is 0 Å². The van der Waals surface area contributed by atoms with Crippen molar-refractivity contribution in [3.8, 4) is 23.0 Å². The largest absolute Gasteiger partial charge is 0.454 e. The van der Waals surface area contributed by atoms with Crippen LogP contribution in [-0.4, -0.2) is 32.1 Å². The van der Waals surface area contributed by atoms with E-state index in [0.717, 1.165) is 64.8 Å². The Balaban J connectivity index is 1.17. The zero-order valence-electron chi connectivity index (χ0n) is 17.2. The van der Waals surface area contributed by atoms with Crippen LogP contribution in [-0.2, 0) is 11.3 Å². The summed E-state index contributed by atoms with van der Waals surface area (Å²) in [7, 11) is 2.00. The molecule has 3 aliphatic rings. The van der Waals surface area contributed by atoms with Gasteiger partial charge in [0.05, 0.1) is 7.05 Å². The van der Waals surface area contributed by atoms with Crippen molar-refractivity contribution in [2.75, 3.05) is 25.7 Å². The fraction of sp³-hybridized carbons (Fsp3) is 0.435. The number of quaternary nitrogens is 1. The monoisotopic (exact) mass is 411 g/mol. The van der Waals surface area contributed by atoms with Gasteiger partial charge in [-0.05, 0) is 43.2 Å². The molecule has 2 N–H and O–H groups in total. The first-order chi connectivity index (χ1) is 14.6. The SMILES string of the molecule is C[NH+](CC(=O)Nc1ccc2c(c1)OC1(CCCCC1)O2)Cc1ccc2c(c1)OCO2. The fourth-order valence-electron chi connectivity index (χ4n) is 4.41. The Kier molecular flexibility index (Phi) is 4.90. The van der Waals surface area contributed by atoms with Gasteiger partial charge in [0.15, 0.2) is 29.5 Å². The molecule has 1 amide bonds. The molecule has 7 nitrogen and oxygen atoms in total. The minimum atomic E-state index is -0.502. The molecular weight excluding hydrogens is 384 g/mol. The lowest BCUT2D eigenvalue weighted by atomic mass is 9.94. The summed E-state index contributed by atoms with van der Waals surface area (Å²) in [5.41, 5.74) is 1.83.